The summed E-state index contributed by atoms with van der Waals surface area (Å²) < 4.78 is 4.97. The van der Waals surface area contributed by atoms with Gasteiger partial charge in [0.15, 0.2) is 0 Å². The number of rotatable bonds is 4. The summed E-state index contributed by atoms with van der Waals surface area (Å²) in [5.74, 6) is -1.44. The second kappa shape index (κ2) is 5.29. The Balaban J connectivity index is 2.92. The predicted molar refractivity (Wildman–Crippen MR) is 60.1 cm³/mol. The topological polar surface area (TPSA) is 88.5 Å². The van der Waals surface area contributed by atoms with Crippen LogP contribution in [0.2, 0.25) is 0 Å². The summed E-state index contributed by atoms with van der Waals surface area (Å²) in [4.78, 5) is 26.4. The van der Waals surface area contributed by atoms with Gasteiger partial charge in [-0.15, -0.1) is 0 Å². The number of aromatic nitrogens is 1. The molecule has 0 aliphatic carbocycles. The van der Waals surface area contributed by atoms with Gasteiger partial charge in [0.05, 0.1) is 7.11 Å². The maximum atomic E-state index is 11.8. The Morgan fingerprint density at radius 3 is 2.65 bits per heavy atom. The summed E-state index contributed by atoms with van der Waals surface area (Å²) in [5.41, 5.74) is 0.927. The normalized spacial score (nSPS) is 11.7. The third-order valence-corrected chi connectivity index (χ3v) is 2.16. The van der Waals surface area contributed by atoms with Crippen LogP contribution < -0.4 is 10.1 Å². The van der Waals surface area contributed by atoms with Crippen LogP contribution in [0.25, 0.3) is 0 Å². The van der Waals surface area contributed by atoms with E-state index in [-0.39, 0.29) is 11.4 Å². The number of carbonyl (C=O) groups is 2. The molecule has 6 heteroatoms. The molecule has 0 fully saturated rings. The van der Waals surface area contributed by atoms with E-state index in [1.807, 2.05) is 0 Å². The van der Waals surface area contributed by atoms with Crippen LogP contribution in [0.15, 0.2) is 12.1 Å². The van der Waals surface area contributed by atoms with Crippen LogP contribution in [-0.2, 0) is 4.79 Å². The second-order valence-corrected chi connectivity index (χ2v) is 3.54. The fraction of sp³-hybridized carbons (Fsp3) is 0.364. The van der Waals surface area contributed by atoms with E-state index in [1.54, 1.807) is 19.1 Å². The zero-order valence-electron chi connectivity index (χ0n) is 9.85. The minimum atomic E-state index is -1.10. The van der Waals surface area contributed by atoms with Crippen LogP contribution in [0.4, 0.5) is 0 Å². The summed E-state index contributed by atoms with van der Waals surface area (Å²) in [7, 11) is 1.40. The van der Waals surface area contributed by atoms with Gasteiger partial charge in [-0.25, -0.2) is 4.98 Å². The Hall–Kier alpha value is -2.11. The van der Waals surface area contributed by atoms with Crippen molar-refractivity contribution in [2.24, 2.45) is 0 Å². The quantitative estimate of drug-likeness (QED) is 0.802. The van der Waals surface area contributed by atoms with Crippen LogP contribution in [0.1, 0.15) is 23.0 Å². The number of amides is 1. The molecule has 2 N–H and O–H groups in total. The standard InChI is InChI=1S/C11H14N2O4/c1-6-4-5-8(10(12-6)17-3)9(14)13-7(2)11(15)16/h4-5,7H,1-3H3,(H,13,14)(H,15,16)/t7-/m0/s1. The van der Waals surface area contributed by atoms with Crippen molar-refractivity contribution in [2.75, 3.05) is 7.11 Å². The minimum absolute atomic E-state index is 0.181. The van der Waals surface area contributed by atoms with E-state index in [1.165, 1.54) is 14.0 Å². The number of aryl methyl sites for hydroxylation is 1. The third kappa shape index (κ3) is 3.17. The van der Waals surface area contributed by atoms with Crippen molar-refractivity contribution >= 4 is 11.9 Å². The number of carbonyl (C=O) groups excluding carboxylic acids is 1. The lowest BCUT2D eigenvalue weighted by Gasteiger charge is -2.11. The molecule has 1 rings (SSSR count). The van der Waals surface area contributed by atoms with Gasteiger partial charge < -0.3 is 15.2 Å². The highest BCUT2D eigenvalue weighted by Crippen LogP contribution is 2.15. The summed E-state index contributed by atoms with van der Waals surface area (Å²) in [6.45, 7) is 3.15. The number of pyridine rings is 1. The van der Waals surface area contributed by atoms with Crippen LogP contribution in [0.5, 0.6) is 5.88 Å². The fourth-order valence-electron chi connectivity index (χ4n) is 1.20. The van der Waals surface area contributed by atoms with Gasteiger partial charge in [0.1, 0.15) is 11.6 Å². The number of carboxylic acid groups (broad SMARTS) is 1. The highest BCUT2D eigenvalue weighted by Gasteiger charge is 2.18. The molecular weight excluding hydrogens is 224 g/mol. The number of aliphatic carboxylic acids is 1. The summed E-state index contributed by atoms with van der Waals surface area (Å²) in [6.07, 6.45) is 0. The molecule has 0 bridgehead atoms. The van der Waals surface area contributed by atoms with Gasteiger partial charge in [-0.05, 0) is 26.0 Å². The average molecular weight is 238 g/mol. The van der Waals surface area contributed by atoms with Crippen LogP contribution in [0, 0.1) is 6.92 Å². The van der Waals surface area contributed by atoms with Crippen molar-refractivity contribution in [3.05, 3.63) is 23.4 Å². The van der Waals surface area contributed by atoms with E-state index in [9.17, 15) is 9.59 Å². The molecule has 17 heavy (non-hydrogen) atoms. The maximum absolute atomic E-state index is 11.8. The van der Waals surface area contributed by atoms with E-state index in [2.05, 4.69) is 10.3 Å². The Morgan fingerprint density at radius 1 is 1.47 bits per heavy atom. The van der Waals surface area contributed by atoms with Crippen molar-refractivity contribution < 1.29 is 19.4 Å². The molecule has 6 nitrogen and oxygen atoms in total. The third-order valence-electron chi connectivity index (χ3n) is 2.16. The summed E-state index contributed by atoms with van der Waals surface area (Å²) >= 11 is 0. The molecule has 0 saturated heterocycles. The van der Waals surface area contributed by atoms with Crippen molar-refractivity contribution in [1.82, 2.24) is 10.3 Å². The second-order valence-electron chi connectivity index (χ2n) is 3.54. The van der Waals surface area contributed by atoms with E-state index in [4.69, 9.17) is 9.84 Å². The number of hydrogen-bond donors (Lipinski definition) is 2. The molecule has 1 amide bonds. The fourth-order valence-corrected chi connectivity index (χ4v) is 1.20. The number of nitrogens with one attached hydrogen (secondary N) is 1. The van der Waals surface area contributed by atoms with Gasteiger partial charge in [0.2, 0.25) is 5.88 Å². The lowest BCUT2D eigenvalue weighted by molar-refractivity contribution is -0.138. The van der Waals surface area contributed by atoms with Gasteiger partial charge in [0.25, 0.3) is 5.91 Å². The van der Waals surface area contributed by atoms with Crippen molar-refractivity contribution in [3.8, 4) is 5.88 Å². The first-order valence-electron chi connectivity index (χ1n) is 5.01. The number of carboxylic acids is 1. The number of ether oxygens (including phenoxy) is 1. The monoisotopic (exact) mass is 238 g/mol. The SMILES string of the molecule is COc1nc(C)ccc1C(=O)N[C@@H](C)C(=O)O. The molecule has 1 aromatic rings. The molecule has 0 spiro atoms. The van der Waals surface area contributed by atoms with Gasteiger partial charge in [0, 0.05) is 5.69 Å². The molecule has 0 unspecified atom stereocenters. The Bertz CT molecular complexity index is 445. The average Bonchev–Trinajstić information content (AvgIpc) is 2.28. The first-order valence-corrected chi connectivity index (χ1v) is 5.01. The first-order chi connectivity index (χ1) is 7.95. The largest absolute Gasteiger partial charge is 0.480 e. The lowest BCUT2D eigenvalue weighted by atomic mass is 10.2. The zero-order chi connectivity index (χ0) is 13.0. The van der Waals surface area contributed by atoms with Crippen molar-refractivity contribution in [1.29, 1.82) is 0 Å². The van der Waals surface area contributed by atoms with Gasteiger partial charge in [-0.1, -0.05) is 0 Å². The maximum Gasteiger partial charge on any atom is 0.325 e. The van der Waals surface area contributed by atoms with Crippen molar-refractivity contribution in [2.45, 2.75) is 19.9 Å². The van der Waals surface area contributed by atoms with Crippen LogP contribution in [-0.4, -0.2) is 35.1 Å². The molecule has 0 aromatic carbocycles. The summed E-state index contributed by atoms with van der Waals surface area (Å²) in [6, 6.07) is 2.24. The molecule has 1 atom stereocenters. The molecule has 1 aromatic heterocycles. The predicted octanol–water partition coefficient (Wildman–Crippen LogP) is 0.602. The summed E-state index contributed by atoms with van der Waals surface area (Å²) in [5, 5.41) is 11.0. The molecule has 1 heterocycles. The Labute approximate surface area is 98.6 Å². The minimum Gasteiger partial charge on any atom is -0.480 e. The van der Waals surface area contributed by atoms with Crippen LogP contribution in [0.3, 0.4) is 0 Å². The molecule has 92 valence electrons. The van der Waals surface area contributed by atoms with E-state index in [0.29, 0.717) is 5.69 Å². The number of methoxy groups -OCH3 is 1. The van der Waals surface area contributed by atoms with E-state index in [0.717, 1.165) is 0 Å². The lowest BCUT2D eigenvalue weighted by Crippen LogP contribution is -2.38. The van der Waals surface area contributed by atoms with Gasteiger partial charge in [-0.3, -0.25) is 9.59 Å². The van der Waals surface area contributed by atoms with Crippen LogP contribution >= 0.6 is 0 Å². The van der Waals surface area contributed by atoms with E-state index >= 15 is 0 Å². The molecule has 0 aliphatic rings. The van der Waals surface area contributed by atoms with Gasteiger partial charge >= 0.3 is 5.97 Å². The zero-order valence-corrected chi connectivity index (χ0v) is 9.85. The number of nitrogens with zero attached hydrogens (tertiary/aromatic N) is 1. The first kappa shape index (κ1) is 13.0. The smallest absolute Gasteiger partial charge is 0.325 e. The molecule has 0 aliphatic heterocycles. The van der Waals surface area contributed by atoms with Gasteiger partial charge in [-0.2, -0.15) is 0 Å². The van der Waals surface area contributed by atoms with E-state index < -0.39 is 17.9 Å². The molecule has 0 saturated carbocycles. The Morgan fingerprint density at radius 2 is 2.12 bits per heavy atom. The Kier molecular flexibility index (Phi) is 4.03. The molecule has 0 radical (unpaired) electrons. The highest BCUT2D eigenvalue weighted by molar-refractivity contribution is 5.98. The molecular formula is C11H14N2O4. The highest BCUT2D eigenvalue weighted by atomic mass is 16.5. The number of hydrogen-bond acceptors (Lipinski definition) is 4. The van der Waals surface area contributed by atoms with Crippen molar-refractivity contribution in [3.63, 3.8) is 0 Å².